The second-order valence-corrected chi connectivity index (χ2v) is 10.0. The standard InChI is InChI=1S/C21H21FN6O4S2/c1-25-10-14(9-23-25)11-27-19(29)17-8-15(28(34(31)32)21(13-22)5-6-21)2-3-18(17)26(20(27)30)12-16-4-7-24-33-16/h2-4,7-10H,5-6,11-13H2,1H3,(H,31,32)/p-1. The van der Waals surface area contributed by atoms with E-state index in [0.29, 0.717) is 23.9 Å². The molecule has 178 valence electrons. The molecule has 10 nitrogen and oxygen atoms in total. The predicted octanol–water partition coefficient (Wildman–Crippen LogP) is 1.55. The Labute approximate surface area is 199 Å². The summed E-state index contributed by atoms with van der Waals surface area (Å²) in [6, 6.07) is 6.25. The van der Waals surface area contributed by atoms with Gasteiger partial charge in [-0.1, -0.05) is 0 Å². The van der Waals surface area contributed by atoms with Crippen molar-refractivity contribution in [2.24, 2.45) is 7.05 Å². The lowest BCUT2D eigenvalue weighted by Crippen LogP contribution is -2.42. The molecule has 13 heteroatoms. The van der Waals surface area contributed by atoms with Crippen LogP contribution in [0.4, 0.5) is 10.1 Å². The zero-order valence-corrected chi connectivity index (χ0v) is 19.7. The molecule has 1 aromatic carbocycles. The molecule has 3 heterocycles. The summed E-state index contributed by atoms with van der Waals surface area (Å²) in [5.41, 5.74) is -0.979. The van der Waals surface area contributed by atoms with Gasteiger partial charge in [-0.05, 0) is 48.6 Å². The van der Waals surface area contributed by atoms with Gasteiger partial charge < -0.3 is 4.55 Å². The van der Waals surface area contributed by atoms with Crippen molar-refractivity contribution in [1.29, 1.82) is 0 Å². The predicted molar refractivity (Wildman–Crippen MR) is 125 cm³/mol. The Bertz CT molecular complexity index is 1510. The number of halogens is 1. The topological polar surface area (TPSA) is 118 Å². The molecule has 0 spiro atoms. The molecule has 3 aromatic heterocycles. The fourth-order valence-electron chi connectivity index (χ4n) is 4.10. The van der Waals surface area contributed by atoms with Gasteiger partial charge in [-0.2, -0.15) is 5.10 Å². The molecule has 0 saturated heterocycles. The lowest BCUT2D eigenvalue weighted by Gasteiger charge is -2.33. The van der Waals surface area contributed by atoms with Gasteiger partial charge >= 0.3 is 5.69 Å². The largest absolute Gasteiger partial charge is 0.755 e. The van der Waals surface area contributed by atoms with Crippen molar-refractivity contribution >= 4 is 39.4 Å². The first-order chi connectivity index (χ1) is 16.3. The summed E-state index contributed by atoms with van der Waals surface area (Å²) < 4.78 is 47.0. The number of benzene rings is 1. The Hall–Kier alpha value is -3.16. The highest BCUT2D eigenvalue weighted by atomic mass is 32.2. The highest BCUT2D eigenvalue weighted by molar-refractivity contribution is 7.80. The van der Waals surface area contributed by atoms with E-state index < -0.39 is 34.7 Å². The molecule has 4 aromatic rings. The van der Waals surface area contributed by atoms with Crippen LogP contribution in [0.15, 0.2) is 52.4 Å². The van der Waals surface area contributed by atoms with Crippen LogP contribution in [0.1, 0.15) is 23.3 Å². The minimum Gasteiger partial charge on any atom is -0.755 e. The minimum absolute atomic E-state index is 0.0000172. The minimum atomic E-state index is -2.73. The molecular weight excluding hydrogens is 483 g/mol. The quantitative estimate of drug-likeness (QED) is 0.337. The van der Waals surface area contributed by atoms with Gasteiger partial charge in [0.2, 0.25) is 0 Å². The second-order valence-electron chi connectivity index (χ2n) is 8.33. The van der Waals surface area contributed by atoms with E-state index in [-0.39, 0.29) is 24.2 Å². The van der Waals surface area contributed by atoms with Crippen LogP contribution in [0.5, 0.6) is 0 Å². The van der Waals surface area contributed by atoms with Crippen molar-refractivity contribution in [3.63, 3.8) is 0 Å². The first-order valence-corrected chi connectivity index (χ1v) is 12.2. The molecule has 0 bridgehead atoms. The normalized spacial score (nSPS) is 15.5. The molecule has 0 radical (unpaired) electrons. The number of fused-ring (bicyclic) bond motifs is 1. The van der Waals surface area contributed by atoms with Crippen molar-refractivity contribution in [1.82, 2.24) is 23.3 Å². The number of aromatic nitrogens is 5. The highest BCUT2D eigenvalue weighted by Crippen LogP contribution is 2.45. The number of alkyl halides is 1. The number of rotatable bonds is 8. The van der Waals surface area contributed by atoms with Gasteiger partial charge in [0.25, 0.3) is 5.56 Å². The van der Waals surface area contributed by atoms with E-state index in [2.05, 4.69) is 9.47 Å². The Morgan fingerprint density at radius 3 is 2.62 bits per heavy atom. The van der Waals surface area contributed by atoms with E-state index in [1.165, 1.54) is 34.3 Å². The Balaban J connectivity index is 1.72. The summed E-state index contributed by atoms with van der Waals surface area (Å²) in [4.78, 5) is 27.7. The lowest BCUT2D eigenvalue weighted by atomic mass is 10.2. The summed E-state index contributed by atoms with van der Waals surface area (Å²) in [6.07, 6.45) is 5.70. The van der Waals surface area contributed by atoms with Crippen molar-refractivity contribution in [3.8, 4) is 0 Å². The van der Waals surface area contributed by atoms with Crippen molar-refractivity contribution in [2.45, 2.75) is 31.5 Å². The molecule has 1 atom stereocenters. The summed E-state index contributed by atoms with van der Waals surface area (Å²) in [6.45, 7) is -0.632. The number of anilines is 1. The molecule has 1 aliphatic rings. The Morgan fingerprint density at radius 2 is 2.03 bits per heavy atom. The highest BCUT2D eigenvalue weighted by Gasteiger charge is 2.49. The van der Waals surface area contributed by atoms with E-state index in [1.807, 2.05) is 0 Å². The lowest BCUT2D eigenvalue weighted by molar-refractivity contribution is 0.411. The molecule has 1 aliphatic carbocycles. The summed E-state index contributed by atoms with van der Waals surface area (Å²) in [7, 11) is 1.73. The van der Waals surface area contributed by atoms with Crippen molar-refractivity contribution in [3.05, 3.63) is 74.1 Å². The maximum absolute atomic E-state index is 13.7. The van der Waals surface area contributed by atoms with Crippen LogP contribution < -0.4 is 15.6 Å². The molecule has 5 rings (SSSR count). The Morgan fingerprint density at radius 1 is 1.24 bits per heavy atom. The first-order valence-electron chi connectivity index (χ1n) is 10.4. The van der Waals surface area contributed by atoms with Gasteiger partial charge in [-0.15, -0.1) is 0 Å². The van der Waals surface area contributed by atoms with Gasteiger partial charge in [0.15, 0.2) is 0 Å². The zero-order chi connectivity index (χ0) is 24.0. The molecule has 0 N–H and O–H groups in total. The SMILES string of the molecule is Cn1cc(Cn2c(=O)c3cc(N(S(=O)[O-])C4(CF)CC4)ccc3n(Cc3ccns3)c2=O)cn1. The van der Waals surface area contributed by atoms with E-state index >= 15 is 0 Å². The van der Waals surface area contributed by atoms with Crippen molar-refractivity contribution in [2.75, 3.05) is 11.0 Å². The van der Waals surface area contributed by atoms with Crippen LogP contribution in [0.2, 0.25) is 0 Å². The second kappa shape index (κ2) is 8.56. The maximum atomic E-state index is 13.7. The summed E-state index contributed by atoms with van der Waals surface area (Å²) in [5, 5.41) is 4.26. The molecular formula is C21H20FN6O4S2-. The summed E-state index contributed by atoms with van der Waals surface area (Å²) >= 11 is -1.50. The molecule has 1 unspecified atom stereocenters. The monoisotopic (exact) mass is 503 g/mol. The Kier molecular flexibility index (Phi) is 5.70. The van der Waals surface area contributed by atoms with Gasteiger partial charge in [0.05, 0.1) is 35.7 Å². The van der Waals surface area contributed by atoms with Crippen LogP contribution in [-0.4, -0.2) is 44.3 Å². The molecule has 34 heavy (non-hydrogen) atoms. The fourth-order valence-corrected chi connectivity index (χ4v) is 5.50. The smallest absolute Gasteiger partial charge is 0.332 e. The van der Waals surface area contributed by atoms with Crippen LogP contribution in [0.25, 0.3) is 10.9 Å². The van der Waals surface area contributed by atoms with Crippen LogP contribution >= 0.6 is 11.5 Å². The maximum Gasteiger partial charge on any atom is 0.332 e. The van der Waals surface area contributed by atoms with Crippen molar-refractivity contribution < 1.29 is 13.2 Å². The fraction of sp³-hybridized carbons (Fsp3) is 0.333. The van der Waals surface area contributed by atoms with Crippen LogP contribution in [0.3, 0.4) is 0 Å². The third-order valence-electron chi connectivity index (χ3n) is 6.00. The van der Waals surface area contributed by atoms with E-state index in [0.717, 1.165) is 13.7 Å². The van der Waals surface area contributed by atoms with Gasteiger partial charge in [-0.25, -0.2) is 13.6 Å². The third kappa shape index (κ3) is 3.89. The number of nitrogens with zero attached hydrogens (tertiary/aromatic N) is 6. The molecule has 1 saturated carbocycles. The van der Waals surface area contributed by atoms with Gasteiger partial charge in [0, 0.05) is 46.8 Å². The molecule has 0 aliphatic heterocycles. The van der Waals surface area contributed by atoms with E-state index in [9.17, 15) is 22.7 Å². The number of aryl methyl sites for hydroxylation is 1. The molecule has 0 amide bonds. The molecule has 1 fully saturated rings. The first kappa shape index (κ1) is 22.6. The van der Waals surface area contributed by atoms with Crippen LogP contribution in [0, 0.1) is 0 Å². The average Bonchev–Trinajstić information content (AvgIpc) is 3.20. The average molecular weight is 504 g/mol. The van der Waals surface area contributed by atoms with E-state index in [4.69, 9.17) is 0 Å². The summed E-state index contributed by atoms with van der Waals surface area (Å²) in [5.74, 6) is 0. The van der Waals surface area contributed by atoms with Gasteiger partial charge in [0.1, 0.15) is 6.67 Å². The third-order valence-corrected chi connectivity index (χ3v) is 7.63. The van der Waals surface area contributed by atoms with Crippen LogP contribution in [-0.2, 0) is 31.4 Å². The number of hydrogen-bond acceptors (Lipinski definition) is 7. The number of hydrogen-bond donors (Lipinski definition) is 0. The zero-order valence-electron chi connectivity index (χ0n) is 18.1. The van der Waals surface area contributed by atoms with Gasteiger partial charge in [-0.3, -0.25) is 27.1 Å². The van der Waals surface area contributed by atoms with E-state index in [1.54, 1.807) is 36.4 Å².